The van der Waals surface area contributed by atoms with Crippen molar-refractivity contribution in [2.24, 2.45) is 0 Å². The minimum atomic E-state index is 0.479. The third-order valence-electron chi connectivity index (χ3n) is 4.49. The number of hydrogen-bond acceptors (Lipinski definition) is 4. The van der Waals surface area contributed by atoms with Crippen molar-refractivity contribution in [2.45, 2.75) is 25.7 Å². The Morgan fingerprint density at radius 3 is 2.83 bits per heavy atom. The normalized spacial score (nSPS) is 17.1. The van der Waals surface area contributed by atoms with Crippen LogP contribution in [-0.2, 0) is 0 Å². The molecule has 0 aliphatic carbocycles. The number of halogens is 1. The van der Waals surface area contributed by atoms with Gasteiger partial charge in [-0.15, -0.1) is 0 Å². The number of hydrogen-bond donors (Lipinski definition) is 0. The predicted octanol–water partition coefficient (Wildman–Crippen LogP) is 3.82. The molecule has 0 atom stereocenters. The van der Waals surface area contributed by atoms with Crippen LogP contribution in [0.15, 0.2) is 42.6 Å². The molecular weight excluding hydrogens is 310 g/mol. The van der Waals surface area contributed by atoms with Gasteiger partial charge in [0.1, 0.15) is 11.9 Å². The molecule has 1 saturated heterocycles. The van der Waals surface area contributed by atoms with Gasteiger partial charge in [-0.05, 0) is 45.0 Å². The Hall–Kier alpha value is -1.52. The van der Waals surface area contributed by atoms with E-state index in [4.69, 9.17) is 16.2 Å². The number of piperidine rings is 1. The third kappa shape index (κ3) is 4.98. The van der Waals surface area contributed by atoms with Crippen LogP contribution in [-0.4, -0.2) is 48.0 Å². The molecule has 0 aromatic carbocycles. The van der Waals surface area contributed by atoms with Gasteiger partial charge < -0.3 is 9.19 Å². The Balaban J connectivity index is 1.92. The van der Waals surface area contributed by atoms with E-state index in [9.17, 15) is 0 Å². The lowest BCUT2D eigenvalue weighted by Gasteiger charge is -2.34. The monoisotopic (exact) mass is 335 g/mol. The minimum Gasteiger partial charge on any atom is -0.377 e. The second-order valence-corrected chi connectivity index (χ2v) is 6.09. The van der Waals surface area contributed by atoms with Gasteiger partial charge in [-0.2, -0.15) is 0 Å². The number of aromatic nitrogens is 1. The summed E-state index contributed by atoms with van der Waals surface area (Å²) in [6.45, 7) is 10.1. The largest absolute Gasteiger partial charge is 0.377 e. The van der Waals surface area contributed by atoms with E-state index in [1.165, 1.54) is 5.70 Å². The van der Waals surface area contributed by atoms with Gasteiger partial charge in [-0.1, -0.05) is 18.7 Å². The minimum absolute atomic E-state index is 0.479. The van der Waals surface area contributed by atoms with E-state index >= 15 is 0 Å². The van der Waals surface area contributed by atoms with E-state index in [0.29, 0.717) is 11.8 Å². The summed E-state index contributed by atoms with van der Waals surface area (Å²) in [6, 6.07) is 5.79. The van der Waals surface area contributed by atoms with Crippen LogP contribution in [0.4, 0.5) is 0 Å². The molecule has 4 nitrogen and oxygen atoms in total. The Bertz CT molecular complexity index is 539. The summed E-state index contributed by atoms with van der Waals surface area (Å²) in [5.41, 5.74) is 2.40. The number of likely N-dealkylation sites (N-methyl/N-ethyl adjacent to an activating group) is 1. The molecule has 0 radical (unpaired) electrons. The van der Waals surface area contributed by atoms with Crippen LogP contribution in [0.3, 0.4) is 0 Å². The average molecular weight is 336 g/mol. The molecule has 1 aromatic rings. The lowest BCUT2D eigenvalue weighted by molar-refractivity contribution is 0.210. The fourth-order valence-corrected chi connectivity index (χ4v) is 3.04. The lowest BCUT2D eigenvalue weighted by Crippen LogP contribution is -2.37. The quantitative estimate of drug-likeness (QED) is 0.708. The molecular formula is C18H26ClN3O. The first-order valence-electron chi connectivity index (χ1n) is 8.18. The summed E-state index contributed by atoms with van der Waals surface area (Å²) >= 11 is 5.40. The van der Waals surface area contributed by atoms with Gasteiger partial charge in [0.05, 0.1) is 0 Å². The Morgan fingerprint density at radius 2 is 2.22 bits per heavy atom. The first-order valence-corrected chi connectivity index (χ1v) is 8.49. The zero-order valence-corrected chi connectivity index (χ0v) is 14.8. The van der Waals surface area contributed by atoms with Gasteiger partial charge in [-0.25, -0.2) is 4.98 Å². The summed E-state index contributed by atoms with van der Waals surface area (Å²) in [5.74, 6) is 0.959. The van der Waals surface area contributed by atoms with Crippen molar-refractivity contribution in [3.05, 3.63) is 48.3 Å². The Morgan fingerprint density at radius 1 is 1.48 bits per heavy atom. The van der Waals surface area contributed by atoms with Gasteiger partial charge in [0.25, 0.3) is 0 Å². The van der Waals surface area contributed by atoms with E-state index in [1.807, 2.05) is 12.1 Å². The highest BCUT2D eigenvalue weighted by atomic mass is 35.5. The molecule has 2 rings (SSSR count). The van der Waals surface area contributed by atoms with E-state index < -0.39 is 0 Å². The molecule has 1 aliphatic rings. The number of nitrogens with zero attached hydrogens (tertiary/aromatic N) is 3. The summed E-state index contributed by atoms with van der Waals surface area (Å²) in [5, 5.41) is 0. The highest BCUT2D eigenvalue weighted by Crippen LogP contribution is 2.28. The van der Waals surface area contributed by atoms with Crippen LogP contribution >= 0.6 is 11.9 Å². The summed E-state index contributed by atoms with van der Waals surface area (Å²) in [7, 11) is 2.13. The molecule has 0 bridgehead atoms. The molecule has 0 N–H and O–H groups in total. The molecule has 0 unspecified atom stereocenters. The SMILES string of the molecule is C=C/C=C(/CN1CCC(c2cccc(OCl)n2)CC1)N(C)CC. The topological polar surface area (TPSA) is 28.6 Å². The highest BCUT2D eigenvalue weighted by molar-refractivity contribution is 6.08. The highest BCUT2D eigenvalue weighted by Gasteiger charge is 2.22. The first-order chi connectivity index (χ1) is 11.2. The van der Waals surface area contributed by atoms with Crippen molar-refractivity contribution in [3.63, 3.8) is 0 Å². The van der Waals surface area contributed by atoms with Crippen molar-refractivity contribution in [3.8, 4) is 5.88 Å². The first kappa shape index (κ1) is 17.8. The van der Waals surface area contributed by atoms with Gasteiger partial charge in [-0.3, -0.25) is 4.90 Å². The molecule has 1 fully saturated rings. The number of pyridine rings is 1. The molecule has 5 heteroatoms. The van der Waals surface area contributed by atoms with Crippen LogP contribution in [0.5, 0.6) is 5.88 Å². The predicted molar refractivity (Wildman–Crippen MR) is 95.7 cm³/mol. The van der Waals surface area contributed by atoms with Crippen LogP contribution in [0.1, 0.15) is 31.4 Å². The van der Waals surface area contributed by atoms with Crippen molar-refractivity contribution >= 4 is 11.9 Å². The summed E-state index contributed by atoms with van der Waals surface area (Å²) in [4.78, 5) is 9.24. The molecule has 0 saturated carbocycles. The van der Waals surface area contributed by atoms with Crippen LogP contribution in [0, 0.1) is 0 Å². The molecule has 23 heavy (non-hydrogen) atoms. The van der Waals surface area contributed by atoms with Gasteiger partial charge in [0.2, 0.25) is 5.88 Å². The van der Waals surface area contributed by atoms with Crippen LogP contribution < -0.4 is 4.29 Å². The third-order valence-corrected chi connectivity index (χ3v) is 4.65. The maximum atomic E-state index is 5.40. The summed E-state index contributed by atoms with van der Waals surface area (Å²) in [6.07, 6.45) is 6.19. The Kier molecular flexibility index (Phi) is 6.93. The second-order valence-electron chi connectivity index (χ2n) is 5.94. The van der Waals surface area contributed by atoms with Gasteiger partial charge in [0.15, 0.2) is 0 Å². The molecule has 2 heterocycles. The van der Waals surface area contributed by atoms with E-state index in [-0.39, 0.29) is 0 Å². The Labute approximate surface area is 144 Å². The smallest absolute Gasteiger partial charge is 0.237 e. The second kappa shape index (κ2) is 8.94. The maximum absolute atomic E-state index is 5.40. The zero-order chi connectivity index (χ0) is 16.7. The molecule has 0 amide bonds. The standard InChI is InChI=1S/C18H26ClN3O/c1-4-7-16(21(3)5-2)14-22-12-10-15(11-13-22)17-8-6-9-18(20-17)23-19/h4,6-9,15H,1,5,10-14H2,2-3H3/b16-7-. The molecule has 126 valence electrons. The average Bonchev–Trinajstić information content (AvgIpc) is 2.61. The molecule has 1 aromatic heterocycles. The van der Waals surface area contributed by atoms with E-state index in [0.717, 1.165) is 44.7 Å². The number of rotatable bonds is 7. The van der Waals surface area contributed by atoms with Crippen molar-refractivity contribution in [1.82, 2.24) is 14.8 Å². The lowest BCUT2D eigenvalue weighted by atomic mass is 9.93. The van der Waals surface area contributed by atoms with Crippen molar-refractivity contribution < 1.29 is 4.29 Å². The fraction of sp³-hybridized carbons (Fsp3) is 0.500. The summed E-state index contributed by atoms with van der Waals surface area (Å²) < 4.78 is 4.71. The van der Waals surface area contributed by atoms with E-state index in [1.54, 1.807) is 6.07 Å². The number of allylic oxidation sites excluding steroid dienone is 2. The van der Waals surface area contributed by atoms with Crippen molar-refractivity contribution in [1.29, 1.82) is 0 Å². The van der Waals surface area contributed by atoms with Crippen molar-refractivity contribution in [2.75, 3.05) is 33.2 Å². The van der Waals surface area contributed by atoms with Gasteiger partial charge >= 0.3 is 0 Å². The van der Waals surface area contributed by atoms with E-state index in [2.05, 4.69) is 47.5 Å². The fourth-order valence-electron chi connectivity index (χ4n) is 2.96. The van der Waals surface area contributed by atoms with Gasteiger partial charge in [0, 0.05) is 43.5 Å². The van der Waals surface area contributed by atoms with Crippen LogP contribution in [0.25, 0.3) is 0 Å². The zero-order valence-electron chi connectivity index (χ0n) is 14.0. The number of likely N-dealkylation sites (tertiary alicyclic amines) is 1. The molecule has 1 aliphatic heterocycles. The maximum Gasteiger partial charge on any atom is 0.237 e. The molecule has 0 spiro atoms. The van der Waals surface area contributed by atoms with Crippen LogP contribution in [0.2, 0.25) is 0 Å².